The molecule has 1 aliphatic heterocycles. The second-order valence-electron chi connectivity index (χ2n) is 1.01. The van der Waals surface area contributed by atoms with Crippen molar-refractivity contribution in [2.45, 2.75) is 0 Å². The van der Waals surface area contributed by atoms with E-state index in [1.54, 1.807) is 0 Å². The van der Waals surface area contributed by atoms with Crippen LogP contribution in [0.3, 0.4) is 0 Å². The molecule has 1 aliphatic rings. The molecule has 38 valence electrons. The smallest absolute Gasteiger partial charge is 0.252 e. The van der Waals surface area contributed by atoms with Crippen molar-refractivity contribution >= 4 is 14.9 Å². The lowest BCUT2D eigenvalue weighted by Gasteiger charge is -2.03. The molecule has 7 heavy (non-hydrogen) atoms. The van der Waals surface area contributed by atoms with Gasteiger partial charge >= 0.3 is 0 Å². The van der Waals surface area contributed by atoms with Crippen molar-refractivity contribution in [2.75, 3.05) is 0 Å². The van der Waals surface area contributed by atoms with E-state index in [9.17, 15) is 4.79 Å². The van der Waals surface area contributed by atoms with E-state index in [0.29, 0.717) is 0 Å². The van der Waals surface area contributed by atoms with Crippen molar-refractivity contribution < 1.29 is 9.32 Å². The Hall–Kier alpha value is -0.560. The average molecular weight is 117 g/mol. The second-order valence-corrected chi connectivity index (χ2v) is 1.70. The summed E-state index contributed by atoms with van der Waals surface area (Å²) in [5, 5.41) is 2.46. The lowest BCUT2D eigenvalue weighted by atomic mass is 10.6. The number of carbonyl (C=O) groups excluding carboxylic acids is 1. The van der Waals surface area contributed by atoms with Gasteiger partial charge in [-0.2, -0.15) is 0 Å². The molecular formula is C3H4NO2P. The van der Waals surface area contributed by atoms with E-state index in [-0.39, 0.29) is 14.9 Å². The van der Waals surface area contributed by atoms with Crippen LogP contribution in [0.5, 0.6) is 0 Å². The Kier molecular flexibility index (Phi) is 1.27. The zero-order chi connectivity index (χ0) is 5.11. The van der Waals surface area contributed by atoms with Crippen LogP contribution in [0.2, 0.25) is 0 Å². The third kappa shape index (κ3) is 1.16. The summed E-state index contributed by atoms with van der Waals surface area (Å²) in [6.45, 7) is 0. The van der Waals surface area contributed by atoms with Gasteiger partial charge in [-0.25, -0.2) is 0 Å². The minimum atomic E-state index is -0.0791. The number of rotatable bonds is 0. The molecule has 1 atom stereocenters. The maximum absolute atomic E-state index is 10.2. The first kappa shape index (κ1) is 4.60. The molecule has 0 aromatic heterocycles. The maximum Gasteiger partial charge on any atom is 0.252 e. The van der Waals surface area contributed by atoms with Gasteiger partial charge in [0.1, 0.15) is 0 Å². The summed E-state index contributed by atoms with van der Waals surface area (Å²) in [5.41, 5.74) is 0. The van der Waals surface area contributed by atoms with Crippen LogP contribution in [0.4, 0.5) is 0 Å². The van der Waals surface area contributed by atoms with Crippen LogP contribution in [-0.4, -0.2) is 5.91 Å². The minimum absolute atomic E-state index is 0.0791. The van der Waals surface area contributed by atoms with Crippen molar-refractivity contribution in [1.82, 2.24) is 5.09 Å². The summed E-state index contributed by atoms with van der Waals surface area (Å²) in [5.74, 6) is -0.0791. The Morgan fingerprint density at radius 1 is 1.86 bits per heavy atom. The van der Waals surface area contributed by atoms with Gasteiger partial charge in [-0.3, -0.25) is 4.79 Å². The molecule has 1 amide bonds. The summed E-state index contributed by atoms with van der Waals surface area (Å²) in [7, 11) is 0.0957. The molecule has 0 radical (unpaired) electrons. The van der Waals surface area contributed by atoms with Gasteiger partial charge in [-0.15, -0.1) is 0 Å². The maximum atomic E-state index is 10.2. The minimum Gasteiger partial charge on any atom is -0.463 e. The third-order valence-corrected chi connectivity index (χ3v) is 1.12. The molecular weight excluding hydrogens is 113 g/mol. The first-order valence-corrected chi connectivity index (χ1v) is 2.67. The van der Waals surface area contributed by atoms with Crippen LogP contribution in [0.25, 0.3) is 0 Å². The van der Waals surface area contributed by atoms with Crippen LogP contribution >= 0.6 is 8.96 Å². The third-order valence-electron chi connectivity index (χ3n) is 0.521. The zero-order valence-electron chi connectivity index (χ0n) is 3.47. The molecule has 1 rings (SSSR count). The fourth-order valence-electron chi connectivity index (χ4n) is 0.251. The highest BCUT2D eigenvalue weighted by Gasteiger charge is 1.96. The Morgan fingerprint density at radius 2 is 2.71 bits per heavy atom. The van der Waals surface area contributed by atoms with Crippen LogP contribution in [0.1, 0.15) is 0 Å². The van der Waals surface area contributed by atoms with E-state index >= 15 is 0 Å². The normalized spacial score (nSPS) is 21.4. The molecule has 0 saturated carbocycles. The molecule has 0 spiro atoms. The van der Waals surface area contributed by atoms with E-state index in [2.05, 4.69) is 9.61 Å². The molecule has 0 bridgehead atoms. The van der Waals surface area contributed by atoms with Gasteiger partial charge in [0.15, 0.2) is 8.96 Å². The van der Waals surface area contributed by atoms with E-state index < -0.39 is 0 Å². The summed E-state index contributed by atoms with van der Waals surface area (Å²) in [6.07, 6.45) is 2.73. The van der Waals surface area contributed by atoms with Crippen molar-refractivity contribution in [3.63, 3.8) is 0 Å². The number of nitrogens with one attached hydrogen (secondary N) is 1. The van der Waals surface area contributed by atoms with Crippen molar-refractivity contribution in [2.24, 2.45) is 0 Å². The Morgan fingerprint density at radius 3 is 3.00 bits per heavy atom. The molecule has 1 heterocycles. The zero-order valence-corrected chi connectivity index (χ0v) is 4.47. The first-order valence-electron chi connectivity index (χ1n) is 1.77. The molecule has 1 N–H and O–H groups in total. The van der Waals surface area contributed by atoms with Crippen molar-refractivity contribution in [1.29, 1.82) is 0 Å². The molecule has 3 nitrogen and oxygen atoms in total. The van der Waals surface area contributed by atoms with Crippen LogP contribution in [0.15, 0.2) is 12.3 Å². The molecule has 0 aliphatic carbocycles. The second kappa shape index (κ2) is 1.94. The fraction of sp³-hybridized carbons (Fsp3) is 0. The molecule has 0 aromatic rings. The van der Waals surface area contributed by atoms with Crippen molar-refractivity contribution in [3.8, 4) is 0 Å². The highest BCUT2D eigenvalue weighted by atomic mass is 31.1. The molecule has 0 fully saturated rings. The Bertz CT molecular complexity index is 112. The lowest BCUT2D eigenvalue weighted by Crippen LogP contribution is -2.13. The summed E-state index contributed by atoms with van der Waals surface area (Å²) >= 11 is 0. The summed E-state index contributed by atoms with van der Waals surface area (Å²) in [6, 6.07) is 0. The predicted molar refractivity (Wildman–Crippen MR) is 26.7 cm³/mol. The van der Waals surface area contributed by atoms with E-state index in [0.717, 1.165) is 0 Å². The van der Waals surface area contributed by atoms with Crippen molar-refractivity contribution in [3.05, 3.63) is 12.3 Å². The largest absolute Gasteiger partial charge is 0.463 e. The summed E-state index contributed by atoms with van der Waals surface area (Å²) in [4.78, 5) is 10.2. The standard InChI is InChI=1S/C3H4NO2P/c5-3-1-2-6-7-4-3/h1-2,7H,(H,4,5). The van der Waals surface area contributed by atoms with Gasteiger partial charge in [0, 0.05) is 6.08 Å². The molecule has 4 heteroatoms. The van der Waals surface area contributed by atoms with Gasteiger partial charge < -0.3 is 9.61 Å². The highest BCUT2D eigenvalue weighted by Crippen LogP contribution is 2.09. The van der Waals surface area contributed by atoms with E-state index in [1.165, 1.54) is 12.3 Å². The number of amides is 1. The van der Waals surface area contributed by atoms with Gasteiger partial charge in [0.05, 0.1) is 6.26 Å². The van der Waals surface area contributed by atoms with E-state index in [4.69, 9.17) is 0 Å². The number of hydrogen-bond acceptors (Lipinski definition) is 2. The Labute approximate surface area is 42.7 Å². The van der Waals surface area contributed by atoms with Gasteiger partial charge in [-0.05, 0) is 0 Å². The molecule has 0 saturated heterocycles. The van der Waals surface area contributed by atoms with Crippen LogP contribution < -0.4 is 5.09 Å². The summed E-state index contributed by atoms with van der Waals surface area (Å²) < 4.78 is 4.66. The monoisotopic (exact) mass is 117 g/mol. The van der Waals surface area contributed by atoms with E-state index in [1.807, 2.05) is 0 Å². The van der Waals surface area contributed by atoms with Gasteiger partial charge in [0.2, 0.25) is 0 Å². The predicted octanol–water partition coefficient (Wildman–Crippen LogP) is 0.155. The van der Waals surface area contributed by atoms with Gasteiger partial charge in [-0.1, -0.05) is 0 Å². The number of hydrogen-bond donors (Lipinski definition) is 1. The molecule has 1 unspecified atom stereocenters. The number of carbonyl (C=O) groups is 1. The SMILES string of the molecule is O=C1C=COPN1. The van der Waals surface area contributed by atoms with Crippen LogP contribution in [0, 0.1) is 0 Å². The Balaban J connectivity index is 2.51. The quantitative estimate of drug-likeness (QED) is 0.459. The topological polar surface area (TPSA) is 38.3 Å². The van der Waals surface area contributed by atoms with Gasteiger partial charge in [0.25, 0.3) is 5.91 Å². The fourth-order valence-corrected chi connectivity index (χ4v) is 0.630. The lowest BCUT2D eigenvalue weighted by molar-refractivity contribution is -0.115. The average Bonchev–Trinajstić information content (AvgIpc) is 1.69. The molecule has 0 aromatic carbocycles. The van der Waals surface area contributed by atoms with Crippen LogP contribution in [-0.2, 0) is 9.32 Å². The highest BCUT2D eigenvalue weighted by molar-refractivity contribution is 7.31. The first-order chi connectivity index (χ1) is 3.39.